The molecule has 0 bridgehead atoms. The summed E-state index contributed by atoms with van der Waals surface area (Å²) in [6, 6.07) is 15.0. The maximum absolute atomic E-state index is 13.8. The molecule has 0 aliphatic heterocycles. The topological polar surface area (TPSA) is 81.4 Å². The summed E-state index contributed by atoms with van der Waals surface area (Å²) in [7, 11) is 0. The summed E-state index contributed by atoms with van der Waals surface area (Å²) in [4.78, 5) is 12.8. The van der Waals surface area contributed by atoms with Gasteiger partial charge in [-0.2, -0.15) is 13.2 Å². The van der Waals surface area contributed by atoms with E-state index in [-0.39, 0.29) is 25.2 Å². The molecule has 0 radical (unpaired) electrons. The van der Waals surface area contributed by atoms with Crippen molar-refractivity contribution in [1.82, 2.24) is 29.8 Å². The van der Waals surface area contributed by atoms with Crippen LogP contribution in [0.2, 0.25) is 0 Å². The lowest BCUT2D eigenvalue weighted by molar-refractivity contribution is -0.144. The molecule has 0 saturated carbocycles. The molecular formula is C23H23F3N6O. The number of tetrazole rings is 1. The van der Waals surface area contributed by atoms with Gasteiger partial charge in [-0.3, -0.25) is 9.13 Å². The van der Waals surface area contributed by atoms with Crippen LogP contribution in [0.4, 0.5) is 13.2 Å². The van der Waals surface area contributed by atoms with Gasteiger partial charge in [-0.25, -0.2) is 9.89 Å². The molecule has 0 amide bonds. The van der Waals surface area contributed by atoms with Crippen molar-refractivity contribution in [3.05, 3.63) is 76.0 Å². The molecule has 0 saturated heterocycles. The van der Waals surface area contributed by atoms with Gasteiger partial charge in [0.25, 0.3) is 0 Å². The number of aromatic amines is 1. The molecular weight excluding hydrogens is 433 g/mol. The number of H-pyrrole nitrogens is 1. The van der Waals surface area contributed by atoms with Crippen molar-refractivity contribution in [2.45, 2.75) is 46.0 Å². The molecule has 0 spiro atoms. The van der Waals surface area contributed by atoms with E-state index >= 15 is 0 Å². The summed E-state index contributed by atoms with van der Waals surface area (Å²) in [5, 5.41) is 14.0. The molecule has 33 heavy (non-hydrogen) atoms. The van der Waals surface area contributed by atoms with E-state index in [1.165, 1.54) is 4.57 Å². The molecule has 0 aliphatic rings. The van der Waals surface area contributed by atoms with Crippen molar-refractivity contribution in [1.29, 1.82) is 0 Å². The number of nitrogens with one attached hydrogen (secondary N) is 1. The Bertz CT molecular complexity index is 1290. The molecule has 2 heterocycles. The van der Waals surface area contributed by atoms with E-state index in [0.717, 1.165) is 26.8 Å². The van der Waals surface area contributed by atoms with Crippen LogP contribution in [0.3, 0.4) is 0 Å². The van der Waals surface area contributed by atoms with E-state index in [9.17, 15) is 18.0 Å². The van der Waals surface area contributed by atoms with Gasteiger partial charge in [0.1, 0.15) is 5.69 Å². The van der Waals surface area contributed by atoms with Crippen LogP contribution >= 0.6 is 0 Å². The molecule has 0 atom stereocenters. The zero-order chi connectivity index (χ0) is 23.6. The smallest absolute Gasteiger partial charge is 0.291 e. The Morgan fingerprint density at radius 3 is 2.24 bits per heavy atom. The number of rotatable bonds is 7. The Labute approximate surface area is 187 Å². The lowest BCUT2D eigenvalue weighted by Gasteiger charge is -2.13. The summed E-state index contributed by atoms with van der Waals surface area (Å²) in [6.45, 7) is 3.38. The highest BCUT2D eigenvalue weighted by molar-refractivity contribution is 5.80. The number of imidazole rings is 1. The standard InChI is InChI=1S/C23H23F3N6O/c1-3-7-19-20(23(24,25)26)31(4-2)22(33)32(19)14-15-10-12-16(13-11-15)17-8-5-6-9-18(17)21-27-29-30-28-21/h5-6,8-13H,3-4,7,14H2,1-2H3,(H,27,28,29,30). The molecule has 2 aromatic carbocycles. The Balaban J connectivity index is 1.71. The maximum atomic E-state index is 13.8. The zero-order valence-corrected chi connectivity index (χ0v) is 18.2. The fraction of sp³-hybridized carbons (Fsp3) is 0.304. The van der Waals surface area contributed by atoms with Gasteiger partial charge in [-0.1, -0.05) is 61.9 Å². The first-order chi connectivity index (χ1) is 15.8. The van der Waals surface area contributed by atoms with Crippen molar-refractivity contribution in [2.75, 3.05) is 0 Å². The van der Waals surface area contributed by atoms with E-state index in [0.29, 0.717) is 12.2 Å². The molecule has 1 N–H and O–H groups in total. The highest BCUT2D eigenvalue weighted by Crippen LogP contribution is 2.33. The van der Waals surface area contributed by atoms with Gasteiger partial charge in [-0.15, -0.1) is 5.10 Å². The van der Waals surface area contributed by atoms with Crippen molar-refractivity contribution in [2.24, 2.45) is 0 Å². The van der Waals surface area contributed by atoms with E-state index in [1.807, 2.05) is 48.5 Å². The molecule has 2 aromatic heterocycles. The number of benzene rings is 2. The van der Waals surface area contributed by atoms with Crippen LogP contribution in [-0.4, -0.2) is 29.8 Å². The fourth-order valence-corrected chi connectivity index (χ4v) is 4.09. The number of halogens is 3. The number of nitrogens with zero attached hydrogens (tertiary/aromatic N) is 5. The monoisotopic (exact) mass is 456 g/mol. The minimum Gasteiger partial charge on any atom is -0.291 e. The largest absolute Gasteiger partial charge is 0.433 e. The number of hydrogen-bond acceptors (Lipinski definition) is 4. The molecule has 172 valence electrons. The number of alkyl halides is 3. The van der Waals surface area contributed by atoms with Crippen molar-refractivity contribution in [3.63, 3.8) is 0 Å². The zero-order valence-electron chi connectivity index (χ0n) is 18.2. The summed E-state index contributed by atoms with van der Waals surface area (Å²) in [6.07, 6.45) is -3.91. The first-order valence-corrected chi connectivity index (χ1v) is 10.7. The van der Waals surface area contributed by atoms with E-state index < -0.39 is 17.6 Å². The molecule has 0 aliphatic carbocycles. The normalized spacial score (nSPS) is 11.8. The predicted octanol–water partition coefficient (Wildman–Crippen LogP) is 4.54. The van der Waals surface area contributed by atoms with Crippen molar-refractivity contribution >= 4 is 0 Å². The highest BCUT2D eigenvalue weighted by atomic mass is 19.4. The Morgan fingerprint density at radius 1 is 0.970 bits per heavy atom. The third-order valence-corrected chi connectivity index (χ3v) is 5.54. The van der Waals surface area contributed by atoms with E-state index in [1.54, 1.807) is 13.8 Å². The second kappa shape index (κ2) is 9.05. The average Bonchev–Trinajstić information content (AvgIpc) is 3.42. The maximum Gasteiger partial charge on any atom is 0.433 e. The van der Waals surface area contributed by atoms with Crippen LogP contribution in [0.5, 0.6) is 0 Å². The Kier molecular flexibility index (Phi) is 6.17. The lowest BCUT2D eigenvalue weighted by Crippen LogP contribution is -2.26. The first kappa shape index (κ1) is 22.5. The van der Waals surface area contributed by atoms with E-state index in [2.05, 4.69) is 20.6 Å². The van der Waals surface area contributed by atoms with Gasteiger partial charge < -0.3 is 0 Å². The molecule has 4 rings (SSSR count). The van der Waals surface area contributed by atoms with Gasteiger partial charge in [0.2, 0.25) is 0 Å². The van der Waals surface area contributed by atoms with Crippen LogP contribution in [0, 0.1) is 0 Å². The summed E-state index contributed by atoms with van der Waals surface area (Å²) in [5.41, 5.74) is 1.91. The molecule has 7 nitrogen and oxygen atoms in total. The van der Waals surface area contributed by atoms with Gasteiger partial charge in [-0.05, 0) is 40.5 Å². The van der Waals surface area contributed by atoms with Crippen LogP contribution in [0.25, 0.3) is 22.5 Å². The van der Waals surface area contributed by atoms with Crippen LogP contribution < -0.4 is 5.69 Å². The Hall–Kier alpha value is -3.69. The third-order valence-electron chi connectivity index (χ3n) is 5.54. The molecule has 4 aromatic rings. The Morgan fingerprint density at radius 2 is 1.67 bits per heavy atom. The second-order valence-electron chi connectivity index (χ2n) is 7.65. The minimum absolute atomic E-state index is 0.0316. The number of hydrogen-bond donors (Lipinski definition) is 1. The van der Waals surface area contributed by atoms with E-state index in [4.69, 9.17) is 0 Å². The summed E-state index contributed by atoms with van der Waals surface area (Å²) < 4.78 is 43.3. The first-order valence-electron chi connectivity index (χ1n) is 10.7. The SMILES string of the molecule is CCCc1c(C(F)(F)F)n(CC)c(=O)n1Cc1ccc(-c2ccccc2-c2nnn[nH]2)cc1. The lowest BCUT2D eigenvalue weighted by atomic mass is 9.98. The highest BCUT2D eigenvalue weighted by Gasteiger charge is 2.39. The van der Waals surface area contributed by atoms with Gasteiger partial charge in [0, 0.05) is 12.1 Å². The second-order valence-corrected chi connectivity index (χ2v) is 7.65. The fourth-order valence-electron chi connectivity index (χ4n) is 4.09. The molecule has 0 unspecified atom stereocenters. The molecule has 0 fully saturated rings. The third kappa shape index (κ3) is 4.33. The van der Waals surface area contributed by atoms with Crippen LogP contribution in [-0.2, 0) is 25.7 Å². The van der Waals surface area contributed by atoms with Crippen LogP contribution in [0.1, 0.15) is 37.2 Å². The number of aromatic nitrogens is 6. The van der Waals surface area contributed by atoms with Gasteiger partial charge in [0.15, 0.2) is 5.82 Å². The minimum atomic E-state index is -4.59. The average molecular weight is 456 g/mol. The van der Waals surface area contributed by atoms with Crippen molar-refractivity contribution in [3.8, 4) is 22.5 Å². The van der Waals surface area contributed by atoms with Crippen LogP contribution in [0.15, 0.2) is 53.3 Å². The van der Waals surface area contributed by atoms with Gasteiger partial charge >= 0.3 is 11.9 Å². The van der Waals surface area contributed by atoms with Gasteiger partial charge in [0.05, 0.1) is 12.2 Å². The quantitative estimate of drug-likeness (QED) is 0.443. The summed E-state index contributed by atoms with van der Waals surface area (Å²) in [5.74, 6) is 0.533. The summed E-state index contributed by atoms with van der Waals surface area (Å²) >= 11 is 0. The van der Waals surface area contributed by atoms with Crippen molar-refractivity contribution < 1.29 is 13.2 Å². The predicted molar refractivity (Wildman–Crippen MR) is 118 cm³/mol. The molecule has 10 heteroatoms.